The Morgan fingerprint density at radius 2 is 2.00 bits per heavy atom. The zero-order valence-corrected chi connectivity index (χ0v) is 10.6. The quantitative estimate of drug-likeness (QED) is 0.490. The molecule has 0 atom stereocenters. The molecule has 0 fully saturated rings. The minimum absolute atomic E-state index is 0.133. The molecule has 0 spiro atoms. The first-order valence-corrected chi connectivity index (χ1v) is 5.50. The summed E-state index contributed by atoms with van der Waals surface area (Å²) in [6.45, 7) is 8.56. The number of hydrogen-bond acceptors (Lipinski definition) is 0. The zero-order chi connectivity index (χ0) is 10.3. The van der Waals surface area contributed by atoms with E-state index in [0.29, 0.717) is 0 Å². The molecule has 1 heteroatoms. The maximum atomic E-state index is 3.51. The van der Waals surface area contributed by atoms with Crippen LogP contribution in [0.25, 0.3) is 0 Å². The Hall–Kier alpha value is -0.300. The molecule has 0 amide bonds. The molecule has 0 aromatic heterocycles. The molecule has 0 rings (SSSR count). The van der Waals surface area contributed by atoms with Crippen molar-refractivity contribution in [1.82, 2.24) is 0 Å². The number of halogens is 1. The molecule has 0 aromatic rings. The normalized spacial score (nSPS) is 14.7. The van der Waals surface area contributed by atoms with E-state index < -0.39 is 0 Å². The lowest BCUT2D eigenvalue weighted by Crippen LogP contribution is -2.02. The van der Waals surface area contributed by atoms with Gasteiger partial charge in [-0.1, -0.05) is 67.1 Å². The van der Waals surface area contributed by atoms with E-state index in [1.807, 2.05) is 13.0 Å². The van der Waals surface area contributed by atoms with Gasteiger partial charge in [0.1, 0.15) is 0 Å². The molecule has 0 aliphatic rings. The highest BCUT2D eigenvalue weighted by Crippen LogP contribution is 2.24. The van der Waals surface area contributed by atoms with Crippen molar-refractivity contribution in [3.05, 3.63) is 34.9 Å². The predicted molar refractivity (Wildman–Crippen MR) is 65.0 cm³/mol. The van der Waals surface area contributed by atoms with Crippen LogP contribution < -0.4 is 0 Å². The van der Waals surface area contributed by atoms with E-state index in [4.69, 9.17) is 0 Å². The maximum Gasteiger partial charge on any atom is 0.0140 e. The lowest BCUT2D eigenvalue weighted by Gasteiger charge is -2.14. The van der Waals surface area contributed by atoms with Crippen molar-refractivity contribution < 1.29 is 0 Å². The third kappa shape index (κ3) is 6.83. The summed E-state index contributed by atoms with van der Waals surface area (Å²) in [5.41, 5.74) is 0.133. The average molecular weight is 243 g/mol. The van der Waals surface area contributed by atoms with Gasteiger partial charge in [-0.05, 0) is 13.3 Å². The van der Waals surface area contributed by atoms with Crippen LogP contribution in [-0.2, 0) is 0 Å². The minimum atomic E-state index is 0.133. The highest BCUT2D eigenvalue weighted by Gasteiger charge is 2.09. The largest absolute Gasteiger partial charge is 0.0880 e. The van der Waals surface area contributed by atoms with E-state index in [-0.39, 0.29) is 5.41 Å². The Labute approximate surface area is 90.6 Å². The van der Waals surface area contributed by atoms with Gasteiger partial charge < -0.3 is 0 Å². The van der Waals surface area contributed by atoms with Crippen LogP contribution in [-0.4, -0.2) is 0 Å². The van der Waals surface area contributed by atoms with Crippen LogP contribution in [0.15, 0.2) is 34.9 Å². The summed E-state index contributed by atoms with van der Waals surface area (Å²) in [7, 11) is 0. The average Bonchev–Trinajstić information content (AvgIpc) is 2.00. The maximum absolute atomic E-state index is 3.51. The summed E-state index contributed by atoms with van der Waals surface area (Å²) in [5, 5.41) is 0. The van der Waals surface area contributed by atoms with Gasteiger partial charge in [0.15, 0.2) is 0 Å². The minimum Gasteiger partial charge on any atom is -0.0880 e. The van der Waals surface area contributed by atoms with Crippen molar-refractivity contribution in [2.24, 2.45) is 5.41 Å². The molecule has 0 saturated carbocycles. The predicted octanol–water partition coefficient (Wildman–Crippen LogP) is 4.83. The standard InChI is InChI=1S/C12H19Br/c1-5-7-9-12(3,4)10-11(13)8-6-2/h6-10H,5H2,1-4H3/b8-6+,9-7-,11-10+. The molecule has 0 aliphatic heterocycles. The molecule has 0 bridgehead atoms. The summed E-state index contributed by atoms with van der Waals surface area (Å²) in [6.07, 6.45) is 11.8. The van der Waals surface area contributed by atoms with Gasteiger partial charge in [0, 0.05) is 9.90 Å². The van der Waals surface area contributed by atoms with E-state index in [2.05, 4.69) is 61.0 Å². The molecule has 0 unspecified atom stereocenters. The van der Waals surface area contributed by atoms with Crippen LogP contribution in [0, 0.1) is 5.41 Å². The fourth-order valence-corrected chi connectivity index (χ4v) is 1.89. The van der Waals surface area contributed by atoms with E-state index in [9.17, 15) is 0 Å². The fraction of sp³-hybridized carbons (Fsp3) is 0.500. The molecule has 0 aliphatic carbocycles. The van der Waals surface area contributed by atoms with Gasteiger partial charge in [0.05, 0.1) is 0 Å². The van der Waals surface area contributed by atoms with Gasteiger partial charge in [0.25, 0.3) is 0 Å². The van der Waals surface area contributed by atoms with Gasteiger partial charge in [-0.3, -0.25) is 0 Å². The van der Waals surface area contributed by atoms with Crippen molar-refractivity contribution in [3.8, 4) is 0 Å². The topological polar surface area (TPSA) is 0 Å². The summed E-state index contributed by atoms with van der Waals surface area (Å²) in [5.74, 6) is 0. The number of rotatable bonds is 4. The van der Waals surface area contributed by atoms with E-state index >= 15 is 0 Å². The third-order valence-electron chi connectivity index (χ3n) is 1.62. The number of hydrogen-bond donors (Lipinski definition) is 0. The second-order valence-corrected chi connectivity index (χ2v) is 4.58. The van der Waals surface area contributed by atoms with Crippen LogP contribution in [0.5, 0.6) is 0 Å². The monoisotopic (exact) mass is 242 g/mol. The number of allylic oxidation sites excluding steroid dienone is 6. The van der Waals surface area contributed by atoms with Crippen molar-refractivity contribution in [2.75, 3.05) is 0 Å². The van der Waals surface area contributed by atoms with Crippen molar-refractivity contribution in [1.29, 1.82) is 0 Å². The second-order valence-electron chi connectivity index (χ2n) is 3.66. The summed E-state index contributed by atoms with van der Waals surface area (Å²) >= 11 is 3.51. The molecule has 0 N–H and O–H groups in total. The lowest BCUT2D eigenvalue weighted by atomic mass is 9.92. The first-order chi connectivity index (χ1) is 6.02. The van der Waals surface area contributed by atoms with Gasteiger partial charge >= 0.3 is 0 Å². The first-order valence-electron chi connectivity index (χ1n) is 4.70. The van der Waals surface area contributed by atoms with Gasteiger partial charge in [-0.2, -0.15) is 0 Å². The Balaban J connectivity index is 4.46. The van der Waals surface area contributed by atoms with Gasteiger partial charge in [0.2, 0.25) is 0 Å². The Morgan fingerprint density at radius 3 is 2.46 bits per heavy atom. The zero-order valence-electron chi connectivity index (χ0n) is 8.97. The molecule has 0 aromatic carbocycles. The molecule has 0 nitrogen and oxygen atoms in total. The molecule has 0 radical (unpaired) electrons. The Bertz CT molecular complexity index is 219. The lowest BCUT2D eigenvalue weighted by molar-refractivity contribution is 0.623. The smallest absolute Gasteiger partial charge is 0.0140 e. The SMILES string of the molecule is C/C=C/C(Br)=C\C(C)(C)/C=C\CC. The van der Waals surface area contributed by atoms with E-state index in [1.165, 1.54) is 0 Å². The van der Waals surface area contributed by atoms with Crippen LogP contribution in [0.2, 0.25) is 0 Å². The summed E-state index contributed by atoms with van der Waals surface area (Å²) < 4.78 is 1.14. The molecular formula is C12H19Br. The van der Waals surface area contributed by atoms with Gasteiger partial charge in [-0.25, -0.2) is 0 Å². The Kier molecular flexibility index (Phi) is 6.06. The van der Waals surface area contributed by atoms with E-state index in [0.717, 1.165) is 10.9 Å². The summed E-state index contributed by atoms with van der Waals surface area (Å²) in [6, 6.07) is 0. The molecule has 0 heterocycles. The van der Waals surface area contributed by atoms with Crippen molar-refractivity contribution in [2.45, 2.75) is 34.1 Å². The molecular weight excluding hydrogens is 224 g/mol. The van der Waals surface area contributed by atoms with Crippen molar-refractivity contribution >= 4 is 15.9 Å². The van der Waals surface area contributed by atoms with Crippen LogP contribution in [0.3, 0.4) is 0 Å². The third-order valence-corrected chi connectivity index (χ3v) is 2.11. The summed E-state index contributed by atoms with van der Waals surface area (Å²) in [4.78, 5) is 0. The molecule has 0 saturated heterocycles. The van der Waals surface area contributed by atoms with Crippen molar-refractivity contribution in [3.63, 3.8) is 0 Å². The van der Waals surface area contributed by atoms with Crippen LogP contribution in [0.4, 0.5) is 0 Å². The molecule has 13 heavy (non-hydrogen) atoms. The Morgan fingerprint density at radius 1 is 1.38 bits per heavy atom. The van der Waals surface area contributed by atoms with Crippen LogP contribution >= 0.6 is 15.9 Å². The molecule has 74 valence electrons. The fourth-order valence-electron chi connectivity index (χ4n) is 1.03. The highest BCUT2D eigenvalue weighted by molar-refractivity contribution is 9.11. The first kappa shape index (κ1) is 12.7. The second kappa shape index (κ2) is 6.20. The van der Waals surface area contributed by atoms with Crippen LogP contribution in [0.1, 0.15) is 34.1 Å². The van der Waals surface area contributed by atoms with Gasteiger partial charge in [-0.15, -0.1) is 0 Å². The van der Waals surface area contributed by atoms with E-state index in [1.54, 1.807) is 0 Å². The highest BCUT2D eigenvalue weighted by atomic mass is 79.9.